The standard InChI is InChI=1S/C21H17FN4OS2/c1-13-23-11-19(25-20(27)16-5-3-4-6-18(16)28-2)26(13)21-24-17(12-29-21)14-7-9-15(22)10-8-14/h3-12H,1-2H3,(H,25,27). The first-order valence-electron chi connectivity index (χ1n) is 8.77. The van der Waals surface area contributed by atoms with Crippen molar-refractivity contribution in [3.8, 4) is 16.4 Å². The third-order valence-corrected chi connectivity index (χ3v) is 5.98. The largest absolute Gasteiger partial charge is 0.306 e. The first-order chi connectivity index (χ1) is 14.1. The molecule has 0 saturated carbocycles. The number of aromatic nitrogens is 3. The Kier molecular flexibility index (Phi) is 5.46. The summed E-state index contributed by atoms with van der Waals surface area (Å²) in [5.74, 6) is 0.762. The fourth-order valence-corrected chi connectivity index (χ4v) is 4.40. The lowest BCUT2D eigenvalue weighted by molar-refractivity contribution is 0.102. The molecule has 0 aliphatic rings. The minimum absolute atomic E-state index is 0.202. The van der Waals surface area contributed by atoms with E-state index in [-0.39, 0.29) is 11.7 Å². The van der Waals surface area contributed by atoms with Crippen molar-refractivity contribution in [2.75, 3.05) is 11.6 Å². The van der Waals surface area contributed by atoms with Gasteiger partial charge in [-0.1, -0.05) is 12.1 Å². The molecule has 1 N–H and O–H groups in total. The van der Waals surface area contributed by atoms with E-state index in [0.29, 0.717) is 22.3 Å². The molecule has 2 heterocycles. The van der Waals surface area contributed by atoms with E-state index in [1.54, 1.807) is 29.0 Å². The lowest BCUT2D eigenvalue weighted by Crippen LogP contribution is -2.15. The van der Waals surface area contributed by atoms with Crippen molar-refractivity contribution in [2.24, 2.45) is 0 Å². The Morgan fingerprint density at radius 3 is 2.69 bits per heavy atom. The third-order valence-electron chi connectivity index (χ3n) is 4.35. The van der Waals surface area contributed by atoms with Crippen LogP contribution in [0.2, 0.25) is 0 Å². The zero-order chi connectivity index (χ0) is 20.4. The van der Waals surface area contributed by atoms with E-state index in [2.05, 4.69) is 15.3 Å². The number of imidazole rings is 1. The summed E-state index contributed by atoms with van der Waals surface area (Å²) in [6.45, 7) is 1.85. The van der Waals surface area contributed by atoms with Gasteiger partial charge in [-0.05, 0) is 49.6 Å². The van der Waals surface area contributed by atoms with Crippen LogP contribution in [-0.2, 0) is 0 Å². The minimum Gasteiger partial charge on any atom is -0.306 e. The second-order valence-corrected chi connectivity index (χ2v) is 7.89. The zero-order valence-corrected chi connectivity index (χ0v) is 17.4. The van der Waals surface area contributed by atoms with E-state index in [0.717, 1.165) is 16.2 Å². The number of hydrogen-bond acceptors (Lipinski definition) is 5. The lowest BCUT2D eigenvalue weighted by atomic mass is 10.2. The molecule has 0 atom stereocenters. The van der Waals surface area contributed by atoms with Gasteiger partial charge in [-0.2, -0.15) is 0 Å². The van der Waals surface area contributed by atoms with E-state index >= 15 is 0 Å². The van der Waals surface area contributed by atoms with Crippen LogP contribution in [-0.4, -0.2) is 26.7 Å². The second-order valence-electron chi connectivity index (χ2n) is 6.20. The lowest BCUT2D eigenvalue weighted by Gasteiger charge is -2.10. The van der Waals surface area contributed by atoms with Gasteiger partial charge < -0.3 is 5.32 Å². The molecule has 0 aliphatic heterocycles. The third kappa shape index (κ3) is 3.94. The molecule has 2 aromatic carbocycles. The molecule has 2 aromatic heterocycles. The van der Waals surface area contributed by atoms with Crippen LogP contribution < -0.4 is 5.32 Å². The van der Waals surface area contributed by atoms with Crippen molar-refractivity contribution >= 4 is 34.8 Å². The first-order valence-corrected chi connectivity index (χ1v) is 10.9. The van der Waals surface area contributed by atoms with Crippen molar-refractivity contribution < 1.29 is 9.18 Å². The maximum Gasteiger partial charge on any atom is 0.257 e. The number of thiazole rings is 1. The van der Waals surface area contributed by atoms with Crippen LogP contribution >= 0.6 is 23.1 Å². The Labute approximate surface area is 175 Å². The number of amides is 1. The topological polar surface area (TPSA) is 59.8 Å². The van der Waals surface area contributed by atoms with Gasteiger partial charge in [0, 0.05) is 15.8 Å². The summed E-state index contributed by atoms with van der Waals surface area (Å²) >= 11 is 2.95. The molecular formula is C21H17FN4OS2. The van der Waals surface area contributed by atoms with Crippen LogP contribution in [0.3, 0.4) is 0 Å². The van der Waals surface area contributed by atoms with Crippen molar-refractivity contribution in [1.29, 1.82) is 0 Å². The van der Waals surface area contributed by atoms with E-state index < -0.39 is 0 Å². The average Bonchev–Trinajstić information content (AvgIpc) is 3.35. The van der Waals surface area contributed by atoms with Gasteiger partial charge in [-0.15, -0.1) is 23.1 Å². The molecule has 146 valence electrons. The van der Waals surface area contributed by atoms with Crippen LogP contribution in [0.4, 0.5) is 10.2 Å². The molecule has 0 bridgehead atoms. The number of aryl methyl sites for hydroxylation is 1. The summed E-state index contributed by atoms with van der Waals surface area (Å²) in [6, 6.07) is 13.7. The number of nitrogens with one attached hydrogen (secondary N) is 1. The number of carbonyl (C=O) groups excluding carboxylic acids is 1. The molecule has 0 spiro atoms. The number of hydrogen-bond donors (Lipinski definition) is 1. The number of rotatable bonds is 5. The van der Waals surface area contributed by atoms with Crippen LogP contribution in [0.15, 0.2) is 65.0 Å². The number of benzene rings is 2. The Balaban J connectivity index is 1.65. The second kappa shape index (κ2) is 8.18. The van der Waals surface area contributed by atoms with E-state index in [4.69, 9.17) is 0 Å². The molecule has 4 aromatic rings. The molecule has 1 amide bonds. The summed E-state index contributed by atoms with van der Waals surface area (Å²) in [6.07, 6.45) is 3.56. The summed E-state index contributed by atoms with van der Waals surface area (Å²) in [4.78, 5) is 22.7. The monoisotopic (exact) mass is 424 g/mol. The van der Waals surface area contributed by atoms with Gasteiger partial charge in [0.25, 0.3) is 5.91 Å². The predicted molar refractivity (Wildman–Crippen MR) is 116 cm³/mol. The van der Waals surface area contributed by atoms with Gasteiger partial charge in [0.05, 0.1) is 17.5 Å². The van der Waals surface area contributed by atoms with Crippen molar-refractivity contribution in [3.63, 3.8) is 0 Å². The highest BCUT2D eigenvalue weighted by Crippen LogP contribution is 2.28. The minimum atomic E-state index is -0.287. The first kappa shape index (κ1) is 19.4. The molecule has 0 aliphatic carbocycles. The summed E-state index contributed by atoms with van der Waals surface area (Å²) in [7, 11) is 0. The molecule has 0 saturated heterocycles. The van der Waals surface area contributed by atoms with Crippen LogP contribution in [0.25, 0.3) is 16.4 Å². The maximum atomic E-state index is 13.2. The summed E-state index contributed by atoms with van der Waals surface area (Å²) in [5.41, 5.74) is 2.17. The molecule has 29 heavy (non-hydrogen) atoms. The smallest absolute Gasteiger partial charge is 0.257 e. The molecule has 5 nitrogen and oxygen atoms in total. The average molecular weight is 425 g/mol. The molecule has 0 fully saturated rings. The number of nitrogens with zero attached hydrogens (tertiary/aromatic N) is 3. The summed E-state index contributed by atoms with van der Waals surface area (Å²) < 4.78 is 15.0. The zero-order valence-electron chi connectivity index (χ0n) is 15.7. The van der Waals surface area contributed by atoms with Crippen LogP contribution in [0, 0.1) is 12.7 Å². The Bertz CT molecular complexity index is 1170. The highest BCUT2D eigenvalue weighted by molar-refractivity contribution is 7.98. The Morgan fingerprint density at radius 1 is 1.17 bits per heavy atom. The van der Waals surface area contributed by atoms with Crippen molar-refractivity contribution in [2.45, 2.75) is 11.8 Å². The van der Waals surface area contributed by atoms with Gasteiger partial charge in [-0.3, -0.25) is 9.36 Å². The van der Waals surface area contributed by atoms with Crippen LogP contribution in [0.5, 0.6) is 0 Å². The molecule has 0 unspecified atom stereocenters. The van der Waals surface area contributed by atoms with E-state index in [1.165, 1.54) is 35.2 Å². The fraction of sp³-hybridized carbons (Fsp3) is 0.0952. The molecule has 0 radical (unpaired) electrons. The Morgan fingerprint density at radius 2 is 1.93 bits per heavy atom. The normalized spacial score (nSPS) is 10.9. The van der Waals surface area contributed by atoms with E-state index in [1.807, 2.05) is 36.8 Å². The van der Waals surface area contributed by atoms with Crippen LogP contribution in [0.1, 0.15) is 16.2 Å². The number of halogens is 1. The van der Waals surface area contributed by atoms with Gasteiger partial charge in [0.15, 0.2) is 5.13 Å². The van der Waals surface area contributed by atoms with Crippen molar-refractivity contribution in [3.05, 3.63) is 77.3 Å². The number of thioether (sulfide) groups is 1. The molecular weight excluding hydrogens is 407 g/mol. The number of anilines is 1. The Hall–Kier alpha value is -2.97. The highest BCUT2D eigenvalue weighted by Gasteiger charge is 2.17. The SMILES string of the molecule is CSc1ccccc1C(=O)Nc1cnc(C)n1-c1nc(-c2ccc(F)cc2)cs1. The highest BCUT2D eigenvalue weighted by atomic mass is 32.2. The van der Waals surface area contributed by atoms with Gasteiger partial charge in [0.2, 0.25) is 0 Å². The van der Waals surface area contributed by atoms with Gasteiger partial charge >= 0.3 is 0 Å². The van der Waals surface area contributed by atoms with E-state index in [9.17, 15) is 9.18 Å². The number of carbonyl (C=O) groups is 1. The fourth-order valence-electron chi connectivity index (χ4n) is 2.91. The van der Waals surface area contributed by atoms with Gasteiger partial charge in [0.1, 0.15) is 17.5 Å². The quantitative estimate of drug-likeness (QED) is 0.435. The molecule has 4 rings (SSSR count). The maximum absolute atomic E-state index is 13.2. The van der Waals surface area contributed by atoms with Crippen molar-refractivity contribution in [1.82, 2.24) is 14.5 Å². The molecule has 8 heteroatoms. The van der Waals surface area contributed by atoms with Gasteiger partial charge in [-0.25, -0.2) is 14.4 Å². The summed E-state index contributed by atoms with van der Waals surface area (Å²) in [5, 5.41) is 5.52. The predicted octanol–water partition coefficient (Wildman–Crippen LogP) is 5.42.